The molecule has 1 aromatic carbocycles. The van der Waals surface area contributed by atoms with Crippen LogP contribution < -0.4 is 4.74 Å². The van der Waals surface area contributed by atoms with Crippen molar-refractivity contribution in [3.05, 3.63) is 34.4 Å². The van der Waals surface area contributed by atoms with E-state index in [2.05, 4.69) is 18.7 Å². The van der Waals surface area contributed by atoms with Crippen molar-refractivity contribution in [3.63, 3.8) is 0 Å². The molecule has 3 atom stereocenters. The second-order valence-electron chi connectivity index (χ2n) is 6.04. The van der Waals surface area contributed by atoms with Crippen molar-refractivity contribution in [3.8, 4) is 5.75 Å². The second kappa shape index (κ2) is 7.56. The predicted molar refractivity (Wildman–Crippen MR) is 84.1 cm³/mol. The van der Waals surface area contributed by atoms with E-state index < -0.39 is 11.0 Å². The molecule has 6 heteroatoms. The highest BCUT2D eigenvalue weighted by Gasteiger charge is 2.26. The van der Waals surface area contributed by atoms with Crippen LogP contribution in [0.2, 0.25) is 0 Å². The number of hydrogen-bond donors (Lipinski definition) is 1. The lowest BCUT2D eigenvalue weighted by Gasteiger charge is -2.40. The number of aliphatic hydroxyl groups is 1. The monoisotopic (exact) mass is 308 g/mol. The SMILES string of the molecule is C[C@H]1CCC[C@H](C)N1C[C@@H](O)COc1ccc([N+](=O)[O-])cc1. The number of benzene rings is 1. The Kier molecular flexibility index (Phi) is 5.74. The second-order valence-corrected chi connectivity index (χ2v) is 6.04. The third kappa shape index (κ3) is 4.42. The Labute approximate surface area is 130 Å². The molecule has 1 saturated heterocycles. The lowest BCUT2D eigenvalue weighted by atomic mass is 9.97. The van der Waals surface area contributed by atoms with E-state index in [0.29, 0.717) is 24.4 Å². The van der Waals surface area contributed by atoms with Gasteiger partial charge in [0.15, 0.2) is 0 Å². The molecule has 0 amide bonds. The van der Waals surface area contributed by atoms with Gasteiger partial charge in [-0.1, -0.05) is 6.42 Å². The van der Waals surface area contributed by atoms with Crippen molar-refractivity contribution in [1.82, 2.24) is 4.90 Å². The maximum absolute atomic E-state index is 10.6. The Morgan fingerprint density at radius 3 is 2.45 bits per heavy atom. The van der Waals surface area contributed by atoms with Crippen LogP contribution in [0.25, 0.3) is 0 Å². The summed E-state index contributed by atoms with van der Waals surface area (Å²) in [6.45, 7) is 5.17. The molecule has 22 heavy (non-hydrogen) atoms. The van der Waals surface area contributed by atoms with Crippen LogP contribution in [-0.4, -0.2) is 46.3 Å². The molecular weight excluding hydrogens is 284 g/mol. The highest BCUT2D eigenvalue weighted by atomic mass is 16.6. The molecule has 122 valence electrons. The maximum Gasteiger partial charge on any atom is 0.269 e. The lowest BCUT2D eigenvalue weighted by molar-refractivity contribution is -0.384. The number of nitro benzene ring substituents is 1. The van der Waals surface area contributed by atoms with Crippen molar-refractivity contribution in [2.45, 2.75) is 51.3 Å². The standard InChI is InChI=1S/C16H24N2O4/c1-12-4-3-5-13(2)17(12)10-15(19)11-22-16-8-6-14(7-9-16)18(20)21/h6-9,12-13,15,19H,3-5,10-11H2,1-2H3/t12-,13-,15+/m0/s1. The fraction of sp³-hybridized carbons (Fsp3) is 0.625. The van der Waals surface area contributed by atoms with E-state index in [-0.39, 0.29) is 12.3 Å². The molecule has 0 spiro atoms. The first kappa shape index (κ1) is 16.7. The van der Waals surface area contributed by atoms with Crippen LogP contribution in [0.4, 0.5) is 5.69 Å². The van der Waals surface area contributed by atoms with Crippen molar-refractivity contribution >= 4 is 5.69 Å². The zero-order valence-electron chi connectivity index (χ0n) is 13.1. The van der Waals surface area contributed by atoms with Gasteiger partial charge in [-0.3, -0.25) is 15.0 Å². The van der Waals surface area contributed by atoms with Crippen molar-refractivity contribution < 1.29 is 14.8 Å². The first-order valence-electron chi connectivity index (χ1n) is 7.78. The molecule has 0 unspecified atom stereocenters. The minimum Gasteiger partial charge on any atom is -0.491 e. The number of non-ortho nitro benzene ring substituents is 1. The summed E-state index contributed by atoms with van der Waals surface area (Å²) in [6.07, 6.45) is 3.01. The minimum atomic E-state index is -0.571. The largest absolute Gasteiger partial charge is 0.491 e. The number of ether oxygens (including phenoxy) is 1. The van der Waals surface area contributed by atoms with Gasteiger partial charge in [0.2, 0.25) is 0 Å². The highest BCUT2D eigenvalue weighted by Crippen LogP contribution is 2.23. The molecule has 1 aliphatic rings. The number of likely N-dealkylation sites (tertiary alicyclic amines) is 1. The fourth-order valence-corrected chi connectivity index (χ4v) is 2.99. The summed E-state index contributed by atoms with van der Waals surface area (Å²) in [7, 11) is 0. The molecular formula is C16H24N2O4. The van der Waals surface area contributed by atoms with Crippen LogP contribution >= 0.6 is 0 Å². The number of piperidine rings is 1. The molecule has 1 aromatic rings. The quantitative estimate of drug-likeness (QED) is 0.646. The zero-order chi connectivity index (χ0) is 16.1. The molecule has 0 radical (unpaired) electrons. The number of nitro groups is 1. The number of nitrogens with zero attached hydrogens (tertiary/aromatic N) is 2. The summed E-state index contributed by atoms with van der Waals surface area (Å²) in [5.74, 6) is 0.532. The first-order valence-corrected chi connectivity index (χ1v) is 7.78. The Hall–Kier alpha value is -1.66. The van der Waals surface area contributed by atoms with Crippen LogP contribution in [0.15, 0.2) is 24.3 Å². The molecule has 1 heterocycles. The molecule has 1 aliphatic heterocycles. The van der Waals surface area contributed by atoms with Crippen molar-refractivity contribution in [2.24, 2.45) is 0 Å². The zero-order valence-corrected chi connectivity index (χ0v) is 13.1. The summed E-state index contributed by atoms with van der Waals surface area (Å²) in [4.78, 5) is 12.5. The Morgan fingerprint density at radius 2 is 1.91 bits per heavy atom. The molecule has 0 aromatic heterocycles. The summed E-state index contributed by atoms with van der Waals surface area (Å²) in [5.41, 5.74) is 0.0314. The first-order chi connectivity index (χ1) is 10.5. The van der Waals surface area contributed by atoms with E-state index >= 15 is 0 Å². The number of β-amino-alcohol motifs (C(OH)–C–C–N with tert-alkyl or cyclic N) is 1. The van der Waals surface area contributed by atoms with E-state index in [1.54, 1.807) is 12.1 Å². The fourth-order valence-electron chi connectivity index (χ4n) is 2.99. The number of rotatable bonds is 6. The van der Waals surface area contributed by atoms with Crippen LogP contribution in [0.3, 0.4) is 0 Å². The molecule has 0 aliphatic carbocycles. The molecule has 0 saturated carbocycles. The van der Waals surface area contributed by atoms with Crippen molar-refractivity contribution in [1.29, 1.82) is 0 Å². The number of aliphatic hydroxyl groups excluding tert-OH is 1. The van der Waals surface area contributed by atoms with Gasteiger partial charge in [0, 0.05) is 30.8 Å². The summed E-state index contributed by atoms with van der Waals surface area (Å²) < 4.78 is 5.52. The third-order valence-electron chi connectivity index (χ3n) is 4.29. The smallest absolute Gasteiger partial charge is 0.269 e. The maximum atomic E-state index is 10.6. The van der Waals surface area contributed by atoms with Gasteiger partial charge in [0.25, 0.3) is 5.69 Å². The van der Waals surface area contributed by atoms with E-state index in [4.69, 9.17) is 4.74 Å². The Morgan fingerprint density at radius 1 is 1.32 bits per heavy atom. The van der Waals surface area contributed by atoms with Gasteiger partial charge >= 0.3 is 0 Å². The predicted octanol–water partition coefficient (Wildman–Crippen LogP) is 2.60. The van der Waals surface area contributed by atoms with E-state index in [9.17, 15) is 15.2 Å². The van der Waals surface area contributed by atoms with E-state index in [0.717, 1.165) is 0 Å². The Balaban J connectivity index is 1.81. The number of hydrogen-bond acceptors (Lipinski definition) is 5. The average molecular weight is 308 g/mol. The third-order valence-corrected chi connectivity index (χ3v) is 4.29. The van der Waals surface area contributed by atoms with Gasteiger partial charge in [-0.25, -0.2) is 0 Å². The van der Waals surface area contributed by atoms with Gasteiger partial charge in [0.1, 0.15) is 18.5 Å². The highest BCUT2D eigenvalue weighted by molar-refractivity contribution is 5.35. The van der Waals surface area contributed by atoms with Crippen LogP contribution in [0.5, 0.6) is 5.75 Å². The van der Waals surface area contributed by atoms with E-state index in [1.807, 2.05) is 0 Å². The molecule has 1 N–H and O–H groups in total. The van der Waals surface area contributed by atoms with Crippen LogP contribution in [-0.2, 0) is 0 Å². The van der Waals surface area contributed by atoms with Crippen molar-refractivity contribution in [2.75, 3.05) is 13.2 Å². The van der Waals surface area contributed by atoms with Gasteiger partial charge in [-0.2, -0.15) is 0 Å². The normalized spacial score (nSPS) is 24.0. The summed E-state index contributed by atoms with van der Waals surface area (Å²) >= 11 is 0. The van der Waals surface area contributed by atoms with Crippen LogP contribution in [0.1, 0.15) is 33.1 Å². The van der Waals surface area contributed by atoms with Crippen LogP contribution in [0, 0.1) is 10.1 Å². The molecule has 6 nitrogen and oxygen atoms in total. The van der Waals surface area contributed by atoms with Gasteiger partial charge in [-0.05, 0) is 38.8 Å². The molecule has 0 bridgehead atoms. The summed E-state index contributed by atoms with van der Waals surface area (Å²) in [5, 5.41) is 20.7. The van der Waals surface area contributed by atoms with Gasteiger partial charge < -0.3 is 9.84 Å². The van der Waals surface area contributed by atoms with Gasteiger partial charge in [0.05, 0.1) is 4.92 Å². The van der Waals surface area contributed by atoms with Gasteiger partial charge in [-0.15, -0.1) is 0 Å². The minimum absolute atomic E-state index is 0.0314. The van der Waals surface area contributed by atoms with E-state index in [1.165, 1.54) is 31.4 Å². The topological polar surface area (TPSA) is 75.8 Å². The average Bonchev–Trinajstić information content (AvgIpc) is 2.49. The Bertz CT molecular complexity index is 481. The molecule has 2 rings (SSSR count). The molecule has 1 fully saturated rings. The summed E-state index contributed by atoms with van der Waals surface area (Å²) in [6, 6.07) is 6.87. The lowest BCUT2D eigenvalue weighted by Crippen LogP contribution is -2.48.